The normalized spacial score (nSPS) is 11.3. The topological polar surface area (TPSA) is 28.2 Å². The van der Waals surface area contributed by atoms with Crippen LogP contribution in [0.2, 0.25) is 0 Å². The Kier molecular flexibility index (Phi) is 6.85. The van der Waals surface area contributed by atoms with E-state index in [-0.39, 0.29) is 0 Å². The van der Waals surface area contributed by atoms with Crippen LogP contribution in [0, 0.1) is 5.92 Å². The molecular weight excluding hydrogens is 234 g/mol. The molecule has 1 N–H and O–H groups in total. The average molecular weight is 263 g/mol. The first kappa shape index (κ1) is 16.0. The number of hydrogen-bond donors (Lipinski definition) is 1. The van der Waals surface area contributed by atoms with Crippen LogP contribution < -0.4 is 10.2 Å². The largest absolute Gasteiger partial charge is 0.354 e. The number of nitrogens with zero attached hydrogens (tertiary/aromatic N) is 2. The maximum atomic E-state index is 4.60. The molecule has 3 heteroatoms. The van der Waals surface area contributed by atoms with Crippen LogP contribution in [0.25, 0.3) is 0 Å². The first-order chi connectivity index (χ1) is 9.06. The van der Waals surface area contributed by atoms with Crippen LogP contribution >= 0.6 is 0 Å². The molecule has 1 aromatic heterocycles. The van der Waals surface area contributed by atoms with Gasteiger partial charge in [0.05, 0.1) is 0 Å². The zero-order chi connectivity index (χ0) is 14.3. The quantitative estimate of drug-likeness (QED) is 0.778. The summed E-state index contributed by atoms with van der Waals surface area (Å²) in [5.74, 6) is 1.81. The van der Waals surface area contributed by atoms with Crippen molar-refractivity contribution in [2.75, 3.05) is 18.0 Å². The Balaban J connectivity index is 2.81. The van der Waals surface area contributed by atoms with Crippen molar-refractivity contribution in [2.45, 2.75) is 53.6 Å². The molecule has 0 atom stereocenters. The number of hydrogen-bond acceptors (Lipinski definition) is 3. The van der Waals surface area contributed by atoms with E-state index < -0.39 is 0 Å². The average Bonchev–Trinajstić information content (AvgIpc) is 2.36. The van der Waals surface area contributed by atoms with Crippen LogP contribution in [0.1, 0.15) is 46.6 Å². The smallest absolute Gasteiger partial charge is 0.133 e. The first-order valence-corrected chi connectivity index (χ1v) is 7.47. The molecule has 0 aliphatic heterocycles. The van der Waals surface area contributed by atoms with Gasteiger partial charge in [0.15, 0.2) is 0 Å². The van der Waals surface area contributed by atoms with Gasteiger partial charge in [-0.1, -0.05) is 26.8 Å². The predicted molar refractivity (Wildman–Crippen MR) is 83.6 cm³/mol. The van der Waals surface area contributed by atoms with E-state index in [0.717, 1.165) is 31.9 Å². The van der Waals surface area contributed by atoms with Gasteiger partial charge < -0.3 is 10.2 Å². The lowest BCUT2D eigenvalue weighted by Crippen LogP contribution is -2.33. The fourth-order valence-electron chi connectivity index (χ4n) is 2.17. The molecule has 0 saturated heterocycles. The summed E-state index contributed by atoms with van der Waals surface area (Å²) in [5, 5.41) is 3.51. The minimum atomic E-state index is 0.485. The Morgan fingerprint density at radius 1 is 1.26 bits per heavy atom. The van der Waals surface area contributed by atoms with Crippen molar-refractivity contribution < 1.29 is 0 Å². The summed E-state index contributed by atoms with van der Waals surface area (Å²) in [7, 11) is 0. The zero-order valence-electron chi connectivity index (χ0n) is 13.1. The van der Waals surface area contributed by atoms with Crippen LogP contribution in [0.3, 0.4) is 0 Å². The Morgan fingerprint density at radius 3 is 2.58 bits per heavy atom. The summed E-state index contributed by atoms with van der Waals surface area (Å²) in [5.41, 5.74) is 1.30. The molecule has 0 fully saturated rings. The minimum absolute atomic E-state index is 0.485. The lowest BCUT2D eigenvalue weighted by molar-refractivity contribution is 0.550. The van der Waals surface area contributed by atoms with Gasteiger partial charge in [0.1, 0.15) is 5.82 Å². The highest BCUT2D eigenvalue weighted by Crippen LogP contribution is 2.19. The Hall–Kier alpha value is -1.09. The first-order valence-electron chi connectivity index (χ1n) is 7.47. The SMILES string of the molecule is CCCN(c1ncccc1CNCC(C)C)C(C)C. The minimum Gasteiger partial charge on any atom is -0.354 e. The van der Waals surface area contributed by atoms with E-state index in [1.807, 2.05) is 12.3 Å². The second-order valence-corrected chi connectivity index (χ2v) is 5.80. The summed E-state index contributed by atoms with van der Waals surface area (Å²) >= 11 is 0. The second kappa shape index (κ2) is 8.16. The third-order valence-corrected chi connectivity index (χ3v) is 3.10. The summed E-state index contributed by atoms with van der Waals surface area (Å²) in [6.45, 7) is 14.1. The molecule has 0 amide bonds. The molecule has 0 spiro atoms. The highest BCUT2D eigenvalue weighted by molar-refractivity contribution is 5.47. The molecular formula is C16H29N3. The van der Waals surface area contributed by atoms with Gasteiger partial charge in [0.2, 0.25) is 0 Å². The van der Waals surface area contributed by atoms with Crippen molar-refractivity contribution in [1.82, 2.24) is 10.3 Å². The van der Waals surface area contributed by atoms with Crippen LogP contribution in [0.5, 0.6) is 0 Å². The van der Waals surface area contributed by atoms with E-state index in [2.05, 4.69) is 55.9 Å². The van der Waals surface area contributed by atoms with Gasteiger partial charge in [-0.15, -0.1) is 0 Å². The van der Waals surface area contributed by atoms with Crippen LogP contribution in [0.15, 0.2) is 18.3 Å². The van der Waals surface area contributed by atoms with Crippen molar-refractivity contribution in [3.05, 3.63) is 23.9 Å². The summed E-state index contributed by atoms with van der Waals surface area (Å²) < 4.78 is 0. The van der Waals surface area contributed by atoms with E-state index in [9.17, 15) is 0 Å². The highest BCUT2D eigenvalue weighted by atomic mass is 15.2. The molecule has 108 valence electrons. The molecule has 0 bridgehead atoms. The fraction of sp³-hybridized carbons (Fsp3) is 0.688. The van der Waals surface area contributed by atoms with Gasteiger partial charge in [-0.25, -0.2) is 4.98 Å². The Morgan fingerprint density at radius 2 is 2.00 bits per heavy atom. The molecule has 0 aliphatic rings. The van der Waals surface area contributed by atoms with E-state index in [1.165, 1.54) is 5.56 Å². The van der Waals surface area contributed by atoms with Crippen LogP contribution in [-0.4, -0.2) is 24.1 Å². The maximum absolute atomic E-state index is 4.60. The van der Waals surface area contributed by atoms with Gasteiger partial charge in [-0.05, 0) is 38.8 Å². The van der Waals surface area contributed by atoms with E-state index in [4.69, 9.17) is 0 Å². The Bertz CT molecular complexity index is 361. The van der Waals surface area contributed by atoms with Gasteiger partial charge in [0.25, 0.3) is 0 Å². The molecule has 0 aromatic carbocycles. The zero-order valence-corrected chi connectivity index (χ0v) is 13.1. The third-order valence-electron chi connectivity index (χ3n) is 3.10. The van der Waals surface area contributed by atoms with Crippen molar-refractivity contribution >= 4 is 5.82 Å². The van der Waals surface area contributed by atoms with Crippen molar-refractivity contribution in [1.29, 1.82) is 0 Å². The lowest BCUT2D eigenvalue weighted by Gasteiger charge is -2.29. The fourth-order valence-corrected chi connectivity index (χ4v) is 2.17. The van der Waals surface area contributed by atoms with Crippen molar-refractivity contribution in [2.24, 2.45) is 5.92 Å². The molecule has 1 rings (SSSR count). The number of nitrogens with one attached hydrogen (secondary N) is 1. The monoisotopic (exact) mass is 263 g/mol. The summed E-state index contributed by atoms with van der Waals surface area (Å²) in [4.78, 5) is 7.00. The molecule has 1 heterocycles. The van der Waals surface area contributed by atoms with Gasteiger partial charge >= 0.3 is 0 Å². The van der Waals surface area contributed by atoms with Gasteiger partial charge in [-0.3, -0.25) is 0 Å². The number of rotatable bonds is 8. The summed E-state index contributed by atoms with van der Waals surface area (Å²) in [6.07, 6.45) is 3.04. The number of aromatic nitrogens is 1. The Labute approximate surface area is 118 Å². The molecule has 19 heavy (non-hydrogen) atoms. The number of pyridine rings is 1. The molecule has 3 nitrogen and oxygen atoms in total. The molecule has 0 aliphatic carbocycles. The number of anilines is 1. The van der Waals surface area contributed by atoms with Crippen molar-refractivity contribution in [3.63, 3.8) is 0 Å². The van der Waals surface area contributed by atoms with E-state index >= 15 is 0 Å². The standard InChI is InChI=1S/C16H29N3/c1-6-10-19(14(4)5)16-15(8-7-9-18-16)12-17-11-13(2)3/h7-9,13-14,17H,6,10-12H2,1-5H3. The van der Waals surface area contributed by atoms with Gasteiger partial charge in [0, 0.05) is 30.9 Å². The summed E-state index contributed by atoms with van der Waals surface area (Å²) in [6, 6.07) is 4.69. The van der Waals surface area contributed by atoms with Crippen molar-refractivity contribution in [3.8, 4) is 0 Å². The lowest BCUT2D eigenvalue weighted by atomic mass is 10.2. The molecule has 0 radical (unpaired) electrons. The second-order valence-electron chi connectivity index (χ2n) is 5.80. The third kappa shape index (κ3) is 5.19. The predicted octanol–water partition coefficient (Wildman–Crippen LogP) is 3.45. The van der Waals surface area contributed by atoms with E-state index in [1.54, 1.807) is 0 Å². The van der Waals surface area contributed by atoms with Crippen LogP contribution in [0.4, 0.5) is 5.82 Å². The van der Waals surface area contributed by atoms with Gasteiger partial charge in [-0.2, -0.15) is 0 Å². The molecule has 0 saturated carbocycles. The molecule has 1 aromatic rings. The van der Waals surface area contributed by atoms with Crippen LogP contribution in [-0.2, 0) is 6.54 Å². The van der Waals surface area contributed by atoms with E-state index in [0.29, 0.717) is 12.0 Å². The maximum Gasteiger partial charge on any atom is 0.133 e. The molecule has 0 unspecified atom stereocenters. The highest BCUT2D eigenvalue weighted by Gasteiger charge is 2.14.